The first-order chi connectivity index (χ1) is 14.0. The molecule has 2 aromatic rings. The number of aryl methyl sites for hydroxylation is 1. The Morgan fingerprint density at radius 3 is 2.52 bits per heavy atom. The first-order valence-electron chi connectivity index (χ1n) is 10.4. The summed E-state index contributed by atoms with van der Waals surface area (Å²) in [6.45, 7) is 11.6. The molecule has 0 unspecified atom stereocenters. The van der Waals surface area contributed by atoms with E-state index in [1.807, 2.05) is 32.2 Å². The van der Waals surface area contributed by atoms with Crippen LogP contribution in [0, 0.1) is 6.92 Å². The van der Waals surface area contributed by atoms with Gasteiger partial charge in [0.05, 0.1) is 7.11 Å². The Bertz CT molecular complexity index is 767. The van der Waals surface area contributed by atoms with Gasteiger partial charge in [0.25, 0.3) is 0 Å². The number of nitrogens with one attached hydrogen (secondary N) is 2. The van der Waals surface area contributed by atoms with Crippen LogP contribution in [0.15, 0.2) is 24.3 Å². The predicted molar refractivity (Wildman–Crippen MR) is 121 cm³/mol. The molecule has 7 heteroatoms. The molecule has 2 rings (SSSR count). The van der Waals surface area contributed by atoms with Gasteiger partial charge in [-0.05, 0) is 51.7 Å². The third kappa shape index (κ3) is 7.18. The van der Waals surface area contributed by atoms with Gasteiger partial charge < -0.3 is 25.2 Å². The molecule has 0 bridgehead atoms. The maximum atomic E-state index is 5.59. The zero-order valence-corrected chi connectivity index (χ0v) is 18.7. The summed E-state index contributed by atoms with van der Waals surface area (Å²) in [6, 6.07) is 8.02. The first kappa shape index (κ1) is 22.9. The number of rotatable bonds is 12. The minimum atomic E-state index is 0.581. The highest BCUT2D eigenvalue weighted by Gasteiger charge is 2.10. The first-order valence-corrected chi connectivity index (χ1v) is 10.4. The van der Waals surface area contributed by atoms with Gasteiger partial charge in [-0.3, -0.25) is 0 Å². The Hall–Kier alpha value is -2.38. The standard InChI is InChI=1S/C22H36N6O/c1-7-11-28(8-2)13-12-27(5)16-18-15-19(9-10-20(18)29-6)25-22-24-17(3)14-21(23-4)26-22/h9-10,14-15H,7-8,11-13,16H2,1-6H3,(H2,23,24,25,26). The van der Waals surface area contributed by atoms with Crippen molar-refractivity contribution in [1.29, 1.82) is 0 Å². The fraction of sp³-hybridized carbons (Fsp3) is 0.545. The number of likely N-dealkylation sites (N-methyl/N-ethyl adjacent to an activating group) is 2. The summed E-state index contributed by atoms with van der Waals surface area (Å²) < 4.78 is 5.59. The lowest BCUT2D eigenvalue weighted by atomic mass is 10.1. The van der Waals surface area contributed by atoms with Crippen molar-refractivity contribution in [3.8, 4) is 5.75 Å². The summed E-state index contributed by atoms with van der Waals surface area (Å²) in [5.41, 5.74) is 3.00. The second-order valence-electron chi connectivity index (χ2n) is 7.29. The van der Waals surface area contributed by atoms with Crippen molar-refractivity contribution >= 4 is 17.5 Å². The van der Waals surface area contributed by atoms with Crippen molar-refractivity contribution in [3.63, 3.8) is 0 Å². The van der Waals surface area contributed by atoms with Crippen LogP contribution in [0.3, 0.4) is 0 Å². The number of hydrogen-bond acceptors (Lipinski definition) is 7. The van der Waals surface area contributed by atoms with E-state index in [0.717, 1.165) is 61.2 Å². The lowest BCUT2D eigenvalue weighted by Gasteiger charge is -2.24. The van der Waals surface area contributed by atoms with E-state index in [-0.39, 0.29) is 0 Å². The average Bonchev–Trinajstić information content (AvgIpc) is 2.70. The number of anilines is 3. The van der Waals surface area contributed by atoms with Gasteiger partial charge in [0, 0.05) is 49.7 Å². The maximum absolute atomic E-state index is 5.59. The molecule has 0 fully saturated rings. The van der Waals surface area contributed by atoms with Gasteiger partial charge in [0.1, 0.15) is 11.6 Å². The third-order valence-corrected chi connectivity index (χ3v) is 4.87. The molecule has 0 aliphatic carbocycles. The number of aromatic nitrogens is 2. The largest absolute Gasteiger partial charge is 0.496 e. The van der Waals surface area contributed by atoms with Crippen LogP contribution >= 0.6 is 0 Å². The van der Waals surface area contributed by atoms with Crippen molar-refractivity contribution in [3.05, 3.63) is 35.5 Å². The number of nitrogens with zero attached hydrogens (tertiary/aromatic N) is 4. The van der Waals surface area contributed by atoms with Gasteiger partial charge in [-0.2, -0.15) is 4.98 Å². The van der Waals surface area contributed by atoms with E-state index in [9.17, 15) is 0 Å². The van der Waals surface area contributed by atoms with Crippen molar-refractivity contribution in [1.82, 2.24) is 19.8 Å². The van der Waals surface area contributed by atoms with Crippen molar-refractivity contribution in [2.75, 3.05) is 58.0 Å². The SMILES string of the molecule is CCCN(CC)CCN(C)Cc1cc(Nc2nc(C)cc(NC)n2)ccc1OC. The Balaban J connectivity index is 2.09. The smallest absolute Gasteiger partial charge is 0.229 e. The van der Waals surface area contributed by atoms with Crippen LogP contribution in [0.4, 0.5) is 17.5 Å². The fourth-order valence-electron chi connectivity index (χ4n) is 3.29. The number of hydrogen-bond donors (Lipinski definition) is 2. The Kier molecular flexibility index (Phi) is 9.15. The Labute approximate surface area is 175 Å². The van der Waals surface area contributed by atoms with Crippen LogP contribution in [-0.4, -0.2) is 67.2 Å². The van der Waals surface area contributed by atoms with E-state index >= 15 is 0 Å². The monoisotopic (exact) mass is 400 g/mol. The highest BCUT2D eigenvalue weighted by Crippen LogP contribution is 2.25. The lowest BCUT2D eigenvalue weighted by molar-refractivity contribution is 0.228. The molecule has 0 spiro atoms. The second kappa shape index (κ2) is 11.6. The third-order valence-electron chi connectivity index (χ3n) is 4.87. The average molecular weight is 401 g/mol. The van der Waals surface area contributed by atoms with Crippen LogP contribution in [0.2, 0.25) is 0 Å². The topological polar surface area (TPSA) is 65.5 Å². The Morgan fingerprint density at radius 1 is 1.07 bits per heavy atom. The van der Waals surface area contributed by atoms with Crippen molar-refractivity contribution in [2.24, 2.45) is 0 Å². The predicted octanol–water partition coefficient (Wildman–Crippen LogP) is 3.74. The van der Waals surface area contributed by atoms with Crippen molar-refractivity contribution < 1.29 is 4.74 Å². The molecule has 0 saturated heterocycles. The van der Waals surface area contributed by atoms with Gasteiger partial charge in [-0.1, -0.05) is 13.8 Å². The van der Waals surface area contributed by atoms with Gasteiger partial charge >= 0.3 is 0 Å². The van der Waals surface area contributed by atoms with E-state index in [2.05, 4.69) is 57.4 Å². The highest BCUT2D eigenvalue weighted by molar-refractivity contribution is 5.58. The van der Waals surface area contributed by atoms with E-state index < -0.39 is 0 Å². The number of benzene rings is 1. The summed E-state index contributed by atoms with van der Waals surface area (Å²) in [5.74, 6) is 2.27. The second-order valence-corrected chi connectivity index (χ2v) is 7.29. The fourth-order valence-corrected chi connectivity index (χ4v) is 3.29. The molecule has 29 heavy (non-hydrogen) atoms. The molecule has 0 amide bonds. The molecule has 0 saturated carbocycles. The summed E-state index contributed by atoms with van der Waals surface area (Å²) in [7, 11) is 5.73. The Morgan fingerprint density at radius 2 is 1.86 bits per heavy atom. The lowest BCUT2D eigenvalue weighted by Crippen LogP contribution is -2.33. The van der Waals surface area contributed by atoms with Crippen LogP contribution in [-0.2, 0) is 6.54 Å². The molecular formula is C22H36N6O. The minimum absolute atomic E-state index is 0.581. The molecule has 0 aliphatic rings. The van der Waals surface area contributed by atoms with Crippen LogP contribution in [0.25, 0.3) is 0 Å². The number of ether oxygens (including phenoxy) is 1. The quantitative estimate of drug-likeness (QED) is 0.562. The molecule has 0 aliphatic heterocycles. The molecule has 7 nitrogen and oxygen atoms in total. The van der Waals surface area contributed by atoms with E-state index in [1.54, 1.807) is 7.11 Å². The summed E-state index contributed by atoms with van der Waals surface area (Å²) in [6.07, 6.45) is 1.19. The van der Waals surface area contributed by atoms with Crippen LogP contribution in [0.5, 0.6) is 5.75 Å². The van der Waals surface area contributed by atoms with E-state index in [1.165, 1.54) is 6.42 Å². The molecule has 1 aromatic carbocycles. The van der Waals surface area contributed by atoms with E-state index in [4.69, 9.17) is 4.74 Å². The minimum Gasteiger partial charge on any atom is -0.496 e. The van der Waals surface area contributed by atoms with Gasteiger partial charge in [-0.15, -0.1) is 0 Å². The maximum Gasteiger partial charge on any atom is 0.229 e. The van der Waals surface area contributed by atoms with Crippen LogP contribution < -0.4 is 15.4 Å². The number of methoxy groups -OCH3 is 1. The zero-order valence-electron chi connectivity index (χ0n) is 18.7. The van der Waals surface area contributed by atoms with Crippen LogP contribution in [0.1, 0.15) is 31.5 Å². The van der Waals surface area contributed by atoms with Gasteiger partial charge in [0.15, 0.2) is 0 Å². The zero-order chi connectivity index (χ0) is 21.2. The molecular weight excluding hydrogens is 364 g/mol. The molecule has 160 valence electrons. The molecule has 0 atom stereocenters. The summed E-state index contributed by atoms with van der Waals surface area (Å²) in [4.78, 5) is 13.8. The molecule has 1 aromatic heterocycles. The normalized spacial score (nSPS) is 11.2. The molecule has 2 N–H and O–H groups in total. The molecule has 1 heterocycles. The van der Waals surface area contributed by atoms with Gasteiger partial charge in [-0.25, -0.2) is 4.98 Å². The molecule has 0 radical (unpaired) electrons. The van der Waals surface area contributed by atoms with E-state index in [0.29, 0.717) is 5.95 Å². The highest BCUT2D eigenvalue weighted by atomic mass is 16.5. The van der Waals surface area contributed by atoms with Gasteiger partial charge in [0.2, 0.25) is 5.95 Å². The summed E-state index contributed by atoms with van der Waals surface area (Å²) >= 11 is 0. The van der Waals surface area contributed by atoms with Crippen molar-refractivity contribution in [2.45, 2.75) is 33.7 Å². The summed E-state index contributed by atoms with van der Waals surface area (Å²) in [5, 5.41) is 6.38.